The average Bonchev–Trinajstić information content (AvgIpc) is 3.22. The van der Waals surface area contributed by atoms with Crippen molar-refractivity contribution in [2.24, 2.45) is 23.7 Å². The van der Waals surface area contributed by atoms with Crippen LogP contribution in [-0.2, 0) is 14.4 Å². The van der Waals surface area contributed by atoms with Gasteiger partial charge in [-0.3, -0.25) is 14.5 Å². The standard InChI is InChI=1S/C16H17NO5/c18-12(19)7-10(11-2-1-5-22-11)17-15(20)13-8-3-4-9(6-8)14(13)16(17)21/h1-2,5,8-10,13-14H,3-4,6-7H2,(H,18,19)/p-1. The Labute approximate surface area is 127 Å². The number of rotatable bonds is 4. The fourth-order valence-electron chi connectivity index (χ4n) is 4.70. The molecule has 1 saturated heterocycles. The van der Waals surface area contributed by atoms with Crippen LogP contribution in [0.4, 0.5) is 0 Å². The molecule has 3 aliphatic rings. The Hall–Kier alpha value is -2.11. The van der Waals surface area contributed by atoms with Crippen LogP contribution in [-0.4, -0.2) is 22.7 Å². The maximum absolute atomic E-state index is 12.8. The number of likely N-dealkylation sites (tertiary alicyclic amines) is 1. The van der Waals surface area contributed by atoms with Crippen LogP contribution in [0.2, 0.25) is 0 Å². The molecule has 0 radical (unpaired) electrons. The molecule has 2 heterocycles. The zero-order chi connectivity index (χ0) is 15.4. The Morgan fingerprint density at radius 2 is 1.91 bits per heavy atom. The van der Waals surface area contributed by atoms with E-state index in [-0.39, 0.29) is 35.5 Å². The Kier molecular flexibility index (Phi) is 2.89. The number of imide groups is 1. The Bertz CT molecular complexity index is 609. The van der Waals surface area contributed by atoms with Crippen molar-refractivity contribution in [2.45, 2.75) is 31.7 Å². The first kappa shape index (κ1) is 13.5. The second-order valence-electron chi connectivity index (χ2n) is 6.54. The highest BCUT2D eigenvalue weighted by atomic mass is 16.4. The molecule has 5 atom stereocenters. The molecule has 1 aromatic rings. The van der Waals surface area contributed by atoms with Gasteiger partial charge in [0, 0.05) is 12.4 Å². The summed E-state index contributed by atoms with van der Waals surface area (Å²) in [5.41, 5.74) is 0. The molecule has 2 aliphatic carbocycles. The molecule has 4 rings (SSSR count). The minimum Gasteiger partial charge on any atom is -0.550 e. The number of carboxylic acids is 1. The average molecular weight is 302 g/mol. The van der Waals surface area contributed by atoms with Gasteiger partial charge in [0.25, 0.3) is 0 Å². The molecular weight excluding hydrogens is 286 g/mol. The number of nitrogens with zero attached hydrogens (tertiary/aromatic N) is 1. The molecule has 2 saturated carbocycles. The van der Waals surface area contributed by atoms with E-state index in [1.807, 2.05) is 0 Å². The summed E-state index contributed by atoms with van der Waals surface area (Å²) in [5.74, 6) is -1.42. The number of fused-ring (bicyclic) bond motifs is 5. The van der Waals surface area contributed by atoms with Crippen molar-refractivity contribution in [3.05, 3.63) is 24.2 Å². The number of amides is 2. The van der Waals surface area contributed by atoms with Gasteiger partial charge in [-0.25, -0.2) is 0 Å². The van der Waals surface area contributed by atoms with E-state index in [1.165, 1.54) is 6.26 Å². The van der Waals surface area contributed by atoms with E-state index >= 15 is 0 Å². The molecule has 2 bridgehead atoms. The van der Waals surface area contributed by atoms with Crippen LogP contribution in [0.3, 0.4) is 0 Å². The highest BCUT2D eigenvalue weighted by Crippen LogP contribution is 2.57. The number of carbonyl (C=O) groups is 3. The number of aliphatic carboxylic acids is 1. The van der Waals surface area contributed by atoms with Crippen LogP contribution in [0, 0.1) is 23.7 Å². The summed E-state index contributed by atoms with van der Waals surface area (Å²) >= 11 is 0. The molecule has 1 aliphatic heterocycles. The largest absolute Gasteiger partial charge is 0.550 e. The van der Waals surface area contributed by atoms with E-state index in [9.17, 15) is 19.5 Å². The van der Waals surface area contributed by atoms with Crippen LogP contribution in [0.25, 0.3) is 0 Å². The summed E-state index contributed by atoms with van der Waals surface area (Å²) in [6, 6.07) is 2.31. The van der Waals surface area contributed by atoms with Gasteiger partial charge in [-0.05, 0) is 43.2 Å². The van der Waals surface area contributed by atoms with Crippen molar-refractivity contribution < 1.29 is 23.9 Å². The fourth-order valence-corrected chi connectivity index (χ4v) is 4.70. The molecule has 2 amide bonds. The third-order valence-electron chi connectivity index (χ3n) is 5.50. The lowest BCUT2D eigenvalue weighted by molar-refractivity contribution is -0.306. The topological polar surface area (TPSA) is 90.7 Å². The first-order valence-corrected chi connectivity index (χ1v) is 7.68. The highest BCUT2D eigenvalue weighted by Gasteiger charge is 2.62. The van der Waals surface area contributed by atoms with E-state index in [4.69, 9.17) is 4.42 Å². The van der Waals surface area contributed by atoms with Crippen molar-refractivity contribution >= 4 is 17.8 Å². The Balaban J connectivity index is 1.70. The number of furan rings is 1. The summed E-state index contributed by atoms with van der Waals surface area (Å²) < 4.78 is 5.26. The van der Waals surface area contributed by atoms with Crippen LogP contribution in [0.5, 0.6) is 0 Å². The maximum Gasteiger partial charge on any atom is 0.234 e. The molecule has 22 heavy (non-hydrogen) atoms. The van der Waals surface area contributed by atoms with Crippen LogP contribution in [0.1, 0.15) is 37.5 Å². The molecular formula is C16H16NO5-. The first-order chi connectivity index (χ1) is 10.6. The Morgan fingerprint density at radius 3 is 2.41 bits per heavy atom. The number of hydrogen-bond donors (Lipinski definition) is 0. The summed E-state index contributed by atoms with van der Waals surface area (Å²) in [5, 5.41) is 11.1. The molecule has 1 aromatic heterocycles. The van der Waals surface area contributed by atoms with E-state index in [1.54, 1.807) is 12.1 Å². The zero-order valence-electron chi connectivity index (χ0n) is 11.9. The van der Waals surface area contributed by atoms with Gasteiger partial charge >= 0.3 is 0 Å². The lowest BCUT2D eigenvalue weighted by Gasteiger charge is -2.26. The van der Waals surface area contributed by atoms with Gasteiger partial charge in [-0.1, -0.05) is 0 Å². The van der Waals surface area contributed by atoms with Crippen LogP contribution >= 0.6 is 0 Å². The lowest BCUT2D eigenvalue weighted by atomic mass is 9.81. The van der Waals surface area contributed by atoms with Gasteiger partial charge < -0.3 is 14.3 Å². The summed E-state index contributed by atoms with van der Waals surface area (Å²) in [4.78, 5) is 37.7. The predicted molar refractivity (Wildman–Crippen MR) is 70.7 cm³/mol. The zero-order valence-corrected chi connectivity index (χ0v) is 11.9. The van der Waals surface area contributed by atoms with E-state index in [2.05, 4.69) is 0 Å². The monoisotopic (exact) mass is 302 g/mol. The van der Waals surface area contributed by atoms with Gasteiger partial charge in [-0.2, -0.15) is 0 Å². The summed E-state index contributed by atoms with van der Waals surface area (Å²) in [6.07, 6.45) is 3.91. The van der Waals surface area contributed by atoms with Crippen molar-refractivity contribution in [3.63, 3.8) is 0 Å². The number of carboxylic acid groups (broad SMARTS) is 1. The minimum atomic E-state index is -1.30. The first-order valence-electron chi connectivity index (χ1n) is 7.68. The molecule has 0 aromatic carbocycles. The van der Waals surface area contributed by atoms with Crippen LogP contribution < -0.4 is 5.11 Å². The van der Waals surface area contributed by atoms with Crippen molar-refractivity contribution in [2.75, 3.05) is 0 Å². The third-order valence-corrected chi connectivity index (χ3v) is 5.50. The second kappa shape index (κ2) is 4.69. The summed E-state index contributed by atoms with van der Waals surface area (Å²) in [7, 11) is 0. The molecule has 0 N–H and O–H groups in total. The SMILES string of the molecule is O=C([O-])CC(c1ccco1)N1C(=O)C2C3CCC(C3)C2C1=O. The number of hydrogen-bond acceptors (Lipinski definition) is 5. The van der Waals surface area contributed by atoms with E-state index in [0.717, 1.165) is 24.2 Å². The van der Waals surface area contributed by atoms with E-state index < -0.39 is 18.4 Å². The van der Waals surface area contributed by atoms with Crippen molar-refractivity contribution in [3.8, 4) is 0 Å². The Morgan fingerprint density at radius 1 is 1.27 bits per heavy atom. The normalized spacial score (nSPS) is 34.3. The second-order valence-corrected chi connectivity index (χ2v) is 6.54. The quantitative estimate of drug-likeness (QED) is 0.755. The fraction of sp³-hybridized carbons (Fsp3) is 0.562. The number of carbonyl (C=O) groups excluding carboxylic acids is 3. The smallest absolute Gasteiger partial charge is 0.234 e. The lowest BCUT2D eigenvalue weighted by Crippen LogP contribution is -2.39. The van der Waals surface area contributed by atoms with Gasteiger partial charge in [-0.15, -0.1) is 0 Å². The maximum atomic E-state index is 12.8. The van der Waals surface area contributed by atoms with Gasteiger partial charge in [0.05, 0.1) is 18.1 Å². The van der Waals surface area contributed by atoms with Crippen molar-refractivity contribution in [1.29, 1.82) is 0 Å². The minimum absolute atomic E-state index is 0.232. The third kappa shape index (κ3) is 1.76. The highest BCUT2D eigenvalue weighted by molar-refractivity contribution is 6.06. The van der Waals surface area contributed by atoms with Gasteiger partial charge in [0.1, 0.15) is 11.8 Å². The van der Waals surface area contributed by atoms with E-state index in [0.29, 0.717) is 5.76 Å². The van der Waals surface area contributed by atoms with Gasteiger partial charge in [0.15, 0.2) is 0 Å². The molecule has 0 spiro atoms. The molecule has 116 valence electrons. The molecule has 6 heteroatoms. The summed E-state index contributed by atoms with van der Waals surface area (Å²) in [6.45, 7) is 0. The molecule has 5 unspecified atom stereocenters. The predicted octanol–water partition coefficient (Wildman–Crippen LogP) is 0.492. The van der Waals surface area contributed by atoms with Gasteiger partial charge in [0.2, 0.25) is 11.8 Å². The van der Waals surface area contributed by atoms with Crippen LogP contribution in [0.15, 0.2) is 22.8 Å². The molecule has 3 fully saturated rings. The van der Waals surface area contributed by atoms with Crippen molar-refractivity contribution in [1.82, 2.24) is 4.90 Å². The molecule has 6 nitrogen and oxygen atoms in total.